The van der Waals surface area contributed by atoms with Crippen molar-refractivity contribution in [2.45, 2.75) is 51.8 Å². The Morgan fingerprint density at radius 3 is 2.73 bits per heavy atom. The topological polar surface area (TPSA) is 143 Å². The van der Waals surface area contributed by atoms with Gasteiger partial charge in [-0.1, -0.05) is 13.8 Å². The van der Waals surface area contributed by atoms with E-state index < -0.39 is 42.0 Å². The van der Waals surface area contributed by atoms with Crippen molar-refractivity contribution in [2.75, 3.05) is 24.7 Å². The van der Waals surface area contributed by atoms with Crippen LogP contribution in [0.5, 0.6) is 0 Å². The minimum Gasteiger partial charge on any atom is -0.463 e. The van der Waals surface area contributed by atoms with E-state index in [9.17, 15) is 9.59 Å². The van der Waals surface area contributed by atoms with E-state index in [1.54, 1.807) is 20.9 Å². The third-order valence-corrected chi connectivity index (χ3v) is 4.77. The van der Waals surface area contributed by atoms with E-state index in [0.29, 0.717) is 11.3 Å². The van der Waals surface area contributed by atoms with E-state index in [-0.39, 0.29) is 18.2 Å². The van der Waals surface area contributed by atoms with Crippen molar-refractivity contribution in [1.82, 2.24) is 19.5 Å². The molecule has 3 rings (SSSR count). The molecule has 0 aliphatic carbocycles. The number of halogens is 1. The monoisotopic (exact) mass is 424 g/mol. The number of hydrogen-bond acceptors (Lipinski definition) is 10. The van der Waals surface area contributed by atoms with Crippen molar-refractivity contribution >= 4 is 34.9 Å². The number of hydrogen-bond donors (Lipinski definition) is 2. The number of anilines is 2. The highest BCUT2D eigenvalue weighted by Crippen LogP contribution is 2.44. The molecule has 1 fully saturated rings. The van der Waals surface area contributed by atoms with E-state index in [0.717, 1.165) is 0 Å². The van der Waals surface area contributed by atoms with Crippen molar-refractivity contribution in [1.29, 1.82) is 0 Å². The summed E-state index contributed by atoms with van der Waals surface area (Å²) in [5.74, 6) is -1.31. The second-order valence-electron chi connectivity index (χ2n) is 7.50. The number of nitrogens with two attached hydrogens (primary N) is 1. The lowest BCUT2D eigenvalue weighted by Gasteiger charge is -2.28. The van der Waals surface area contributed by atoms with Gasteiger partial charge in [-0.05, 0) is 6.92 Å². The Kier molecular flexibility index (Phi) is 5.79. The van der Waals surface area contributed by atoms with Gasteiger partial charge in [0, 0.05) is 14.0 Å². The summed E-state index contributed by atoms with van der Waals surface area (Å²) in [4.78, 5) is 35.9. The van der Waals surface area contributed by atoms with Gasteiger partial charge >= 0.3 is 11.9 Å². The number of carbonyl (C=O) groups is 2. The molecule has 2 aromatic rings. The molecule has 0 aromatic carbocycles. The zero-order valence-electron chi connectivity index (χ0n) is 17.4. The molecule has 1 saturated heterocycles. The van der Waals surface area contributed by atoms with Crippen LogP contribution in [0.25, 0.3) is 11.2 Å². The van der Waals surface area contributed by atoms with Crippen molar-refractivity contribution in [2.24, 2.45) is 5.92 Å². The summed E-state index contributed by atoms with van der Waals surface area (Å²) in [6, 6.07) is 0. The number of ether oxygens (including phenoxy) is 3. The first-order chi connectivity index (χ1) is 14.1. The maximum Gasteiger partial charge on any atom is 0.308 e. The predicted molar refractivity (Wildman–Crippen MR) is 104 cm³/mol. The third-order valence-electron chi connectivity index (χ3n) is 4.77. The van der Waals surface area contributed by atoms with Gasteiger partial charge in [-0.15, -0.1) is 0 Å². The first-order valence-electron chi connectivity index (χ1n) is 9.42. The van der Waals surface area contributed by atoms with E-state index >= 15 is 4.39 Å². The molecule has 1 aliphatic rings. The lowest BCUT2D eigenvalue weighted by Crippen LogP contribution is -2.45. The van der Waals surface area contributed by atoms with E-state index in [4.69, 9.17) is 19.9 Å². The lowest BCUT2D eigenvalue weighted by atomic mass is 9.98. The lowest BCUT2D eigenvalue weighted by molar-refractivity contribution is -0.164. The number of esters is 2. The molecule has 0 spiro atoms. The Morgan fingerprint density at radius 1 is 1.43 bits per heavy atom. The Bertz CT molecular complexity index is 962. The molecule has 0 unspecified atom stereocenters. The van der Waals surface area contributed by atoms with Crippen molar-refractivity contribution in [3.05, 3.63) is 6.33 Å². The van der Waals surface area contributed by atoms with Gasteiger partial charge in [0.1, 0.15) is 12.7 Å². The molecule has 3 N–H and O–H groups in total. The van der Waals surface area contributed by atoms with Crippen molar-refractivity contribution in [3.63, 3.8) is 0 Å². The SMILES string of the molecule is CNc1nc(N)nc2c1ncn2[C@@H]1O[C@H](COC(C)=O)[C@@H](OC(=O)C(C)C)[C@@]1(C)F. The van der Waals surface area contributed by atoms with Crippen LogP contribution >= 0.6 is 0 Å². The Balaban J connectivity index is 2.02. The molecule has 3 heterocycles. The second-order valence-corrected chi connectivity index (χ2v) is 7.50. The number of nitrogens with zero attached hydrogens (tertiary/aromatic N) is 4. The fraction of sp³-hybridized carbons (Fsp3) is 0.611. The second kappa shape index (κ2) is 8.01. The quantitative estimate of drug-likeness (QED) is 0.649. The minimum absolute atomic E-state index is 0.0357. The summed E-state index contributed by atoms with van der Waals surface area (Å²) in [5, 5.41) is 2.86. The molecular formula is C18H25FN6O5. The van der Waals surface area contributed by atoms with Crippen molar-refractivity contribution < 1.29 is 28.2 Å². The molecule has 0 radical (unpaired) electrons. The van der Waals surface area contributed by atoms with Crippen LogP contribution in [-0.4, -0.2) is 63.0 Å². The summed E-state index contributed by atoms with van der Waals surface area (Å²) in [6.45, 7) is 5.45. The van der Waals surface area contributed by atoms with Gasteiger partial charge in [0.2, 0.25) is 5.95 Å². The third kappa shape index (κ3) is 3.86. The molecule has 2 aromatic heterocycles. The van der Waals surface area contributed by atoms with Crippen LogP contribution in [0.3, 0.4) is 0 Å². The van der Waals surface area contributed by atoms with E-state index in [1.165, 1.54) is 24.7 Å². The fourth-order valence-corrected chi connectivity index (χ4v) is 3.27. The molecule has 4 atom stereocenters. The summed E-state index contributed by atoms with van der Waals surface area (Å²) in [6.07, 6.45) is -2.28. The van der Waals surface area contributed by atoms with Gasteiger partial charge in [0.25, 0.3) is 0 Å². The number of alkyl halides is 1. The highest BCUT2D eigenvalue weighted by Gasteiger charge is 2.58. The molecular weight excluding hydrogens is 399 g/mol. The minimum atomic E-state index is -2.19. The largest absolute Gasteiger partial charge is 0.463 e. The first-order valence-corrected chi connectivity index (χ1v) is 9.42. The summed E-state index contributed by atoms with van der Waals surface area (Å²) < 4.78 is 33.7. The maximum absolute atomic E-state index is 16.0. The average molecular weight is 424 g/mol. The fourth-order valence-electron chi connectivity index (χ4n) is 3.27. The van der Waals surface area contributed by atoms with E-state index in [2.05, 4.69) is 20.3 Å². The number of imidazole rings is 1. The average Bonchev–Trinajstić information content (AvgIpc) is 3.18. The summed E-state index contributed by atoms with van der Waals surface area (Å²) in [7, 11) is 1.64. The molecule has 0 bridgehead atoms. The molecule has 11 nitrogen and oxygen atoms in total. The van der Waals surface area contributed by atoms with Crippen LogP contribution < -0.4 is 11.1 Å². The normalized spacial score (nSPS) is 26.2. The molecule has 12 heteroatoms. The zero-order chi connectivity index (χ0) is 22.2. The van der Waals surface area contributed by atoms with Crippen molar-refractivity contribution in [3.8, 4) is 0 Å². The van der Waals surface area contributed by atoms with E-state index in [1.807, 2.05) is 0 Å². The number of rotatable bonds is 6. The van der Waals surface area contributed by atoms with Crippen LogP contribution in [0.4, 0.5) is 16.2 Å². The smallest absolute Gasteiger partial charge is 0.308 e. The highest BCUT2D eigenvalue weighted by molar-refractivity contribution is 5.84. The standard InChI is InChI=1S/C18H25FN6O5/c1-8(2)15(27)30-12-10(6-28-9(3)26)29-16(18(12,4)19)25-7-22-11-13(21-5)23-17(20)24-14(11)25/h7-8,10,12,16H,6H2,1-5H3,(H3,20,21,23,24)/t10-,12-,16-,18-/m1/s1. The Labute approximate surface area is 172 Å². The number of nitrogen functional groups attached to an aromatic ring is 1. The predicted octanol–water partition coefficient (Wildman–Crippen LogP) is 1.21. The van der Waals surface area contributed by atoms with Gasteiger partial charge in [-0.25, -0.2) is 9.37 Å². The van der Waals surface area contributed by atoms with Gasteiger partial charge in [-0.2, -0.15) is 9.97 Å². The number of nitrogens with one attached hydrogen (secondary N) is 1. The molecule has 164 valence electrons. The first kappa shape index (κ1) is 21.7. The Hall–Kier alpha value is -3.02. The molecule has 0 saturated carbocycles. The number of carbonyl (C=O) groups excluding carboxylic acids is 2. The molecule has 30 heavy (non-hydrogen) atoms. The zero-order valence-corrected chi connectivity index (χ0v) is 17.4. The summed E-state index contributed by atoms with van der Waals surface area (Å²) >= 11 is 0. The molecule has 1 aliphatic heterocycles. The maximum atomic E-state index is 16.0. The highest BCUT2D eigenvalue weighted by atomic mass is 19.1. The van der Waals surface area contributed by atoms with Crippen LogP contribution in [0.2, 0.25) is 0 Å². The van der Waals surface area contributed by atoms with Gasteiger partial charge in [0.05, 0.1) is 12.2 Å². The van der Waals surface area contributed by atoms with Crippen LogP contribution in [0.15, 0.2) is 6.33 Å². The van der Waals surface area contributed by atoms with Gasteiger partial charge < -0.3 is 25.3 Å². The van der Waals surface area contributed by atoms with Crippen LogP contribution in [0, 0.1) is 5.92 Å². The molecule has 0 amide bonds. The van der Waals surface area contributed by atoms with Gasteiger partial charge in [0.15, 0.2) is 35.0 Å². The van der Waals surface area contributed by atoms with Crippen LogP contribution in [-0.2, 0) is 23.8 Å². The van der Waals surface area contributed by atoms with Crippen LogP contribution in [0.1, 0.15) is 33.9 Å². The summed E-state index contributed by atoms with van der Waals surface area (Å²) in [5.41, 5.74) is 4.18. The number of aromatic nitrogens is 4. The van der Waals surface area contributed by atoms with Gasteiger partial charge in [-0.3, -0.25) is 14.2 Å². The Morgan fingerprint density at radius 2 is 2.13 bits per heavy atom. The number of fused-ring (bicyclic) bond motifs is 1.